The Hall–Kier alpha value is -0.820. The molecule has 0 aliphatic heterocycles. The van der Waals surface area contributed by atoms with Crippen molar-refractivity contribution in [3.63, 3.8) is 0 Å². The van der Waals surface area contributed by atoms with Crippen LogP contribution in [0.5, 0.6) is 0 Å². The fraction of sp³-hybridized carbons (Fsp3) is 0.533. The quantitative estimate of drug-likeness (QED) is 0.464. The number of halogens is 1. The normalized spacial score (nSPS) is 24.9. The second-order valence-electron chi connectivity index (χ2n) is 5.53. The summed E-state index contributed by atoms with van der Waals surface area (Å²) in [5, 5.41) is 3.19. The highest BCUT2D eigenvalue weighted by molar-refractivity contribution is 14.0. The van der Waals surface area contributed by atoms with Gasteiger partial charge in [0.1, 0.15) is 0 Å². The zero-order chi connectivity index (χ0) is 13.2. The van der Waals surface area contributed by atoms with Gasteiger partial charge in [0.2, 0.25) is 0 Å². The Balaban J connectivity index is 0.00000147. The number of rotatable bonds is 5. The van der Waals surface area contributed by atoms with E-state index in [4.69, 9.17) is 10.5 Å². The lowest BCUT2D eigenvalue weighted by Crippen LogP contribution is -2.24. The summed E-state index contributed by atoms with van der Waals surface area (Å²) in [6.45, 7) is 0.574. The van der Waals surface area contributed by atoms with Crippen molar-refractivity contribution in [2.24, 2.45) is 22.6 Å². The van der Waals surface area contributed by atoms with Gasteiger partial charge < -0.3 is 15.8 Å². The molecule has 1 aromatic rings. The minimum absolute atomic E-state index is 0. The summed E-state index contributed by atoms with van der Waals surface area (Å²) in [6.07, 6.45) is 3.99. The molecule has 0 bridgehead atoms. The van der Waals surface area contributed by atoms with Crippen molar-refractivity contribution in [1.82, 2.24) is 0 Å². The van der Waals surface area contributed by atoms with Gasteiger partial charge in [-0.15, -0.1) is 24.0 Å². The number of anilines is 1. The molecule has 2 atom stereocenters. The molecule has 3 N–H and O–H groups in total. The molecule has 5 heteroatoms. The Morgan fingerprint density at radius 1 is 1.40 bits per heavy atom. The van der Waals surface area contributed by atoms with Gasteiger partial charge in [0.05, 0.1) is 12.6 Å². The predicted octanol–water partition coefficient (Wildman–Crippen LogP) is 2.98. The second-order valence-corrected chi connectivity index (χ2v) is 5.53. The molecule has 2 fully saturated rings. The molecule has 0 saturated heterocycles. The van der Waals surface area contributed by atoms with E-state index < -0.39 is 0 Å². The predicted molar refractivity (Wildman–Crippen MR) is 92.4 cm³/mol. The van der Waals surface area contributed by atoms with E-state index in [9.17, 15) is 0 Å². The molecule has 2 aliphatic carbocycles. The number of hydrogen-bond donors (Lipinski definition) is 2. The lowest BCUT2D eigenvalue weighted by atomic mass is 10.2. The molecule has 0 amide bonds. The van der Waals surface area contributed by atoms with Gasteiger partial charge in [-0.25, -0.2) is 4.99 Å². The number of methoxy groups -OCH3 is 1. The third-order valence-corrected chi connectivity index (χ3v) is 3.92. The Bertz CT molecular complexity index is 488. The van der Waals surface area contributed by atoms with Crippen LogP contribution in [0.3, 0.4) is 0 Å². The minimum atomic E-state index is 0. The fourth-order valence-corrected chi connectivity index (χ4v) is 2.65. The number of aliphatic imine (C=N–C) groups is 1. The van der Waals surface area contributed by atoms with Gasteiger partial charge in [-0.1, -0.05) is 18.2 Å². The Morgan fingerprint density at radius 3 is 2.85 bits per heavy atom. The van der Waals surface area contributed by atoms with Crippen LogP contribution in [-0.4, -0.2) is 19.1 Å². The fourth-order valence-electron chi connectivity index (χ4n) is 2.65. The summed E-state index contributed by atoms with van der Waals surface area (Å²) in [5.74, 6) is 2.26. The number of hydrogen-bond acceptors (Lipinski definition) is 2. The van der Waals surface area contributed by atoms with Gasteiger partial charge in [0.25, 0.3) is 0 Å². The second kappa shape index (κ2) is 6.76. The first-order chi connectivity index (χ1) is 9.28. The third-order valence-electron chi connectivity index (χ3n) is 3.92. The number of para-hydroxylation sites is 1. The molecule has 0 aromatic heterocycles. The first-order valence-electron chi connectivity index (χ1n) is 6.95. The zero-order valence-electron chi connectivity index (χ0n) is 11.7. The van der Waals surface area contributed by atoms with E-state index >= 15 is 0 Å². The number of benzene rings is 1. The minimum Gasteiger partial charge on any atom is -0.380 e. The summed E-state index contributed by atoms with van der Waals surface area (Å²) in [4.78, 5) is 4.57. The topological polar surface area (TPSA) is 59.6 Å². The zero-order valence-corrected chi connectivity index (χ0v) is 14.0. The Kier molecular flexibility index (Phi) is 5.26. The Morgan fingerprint density at radius 2 is 2.15 bits per heavy atom. The lowest BCUT2D eigenvalue weighted by molar-refractivity contribution is 0.185. The molecule has 0 spiro atoms. The number of guanidine groups is 1. The molecule has 110 valence electrons. The van der Waals surface area contributed by atoms with Crippen molar-refractivity contribution in [2.45, 2.75) is 31.9 Å². The highest BCUT2D eigenvalue weighted by Crippen LogP contribution is 2.51. The molecule has 4 nitrogen and oxygen atoms in total. The summed E-state index contributed by atoms with van der Waals surface area (Å²) < 4.78 is 5.18. The third kappa shape index (κ3) is 3.85. The van der Waals surface area contributed by atoms with Gasteiger partial charge in [-0.05, 0) is 37.2 Å². The maximum atomic E-state index is 5.99. The van der Waals surface area contributed by atoms with Crippen LogP contribution in [0.2, 0.25) is 0 Å². The first-order valence-corrected chi connectivity index (χ1v) is 6.95. The van der Waals surface area contributed by atoms with Crippen molar-refractivity contribution < 1.29 is 4.74 Å². The van der Waals surface area contributed by atoms with Gasteiger partial charge in [-0.3, -0.25) is 0 Å². The monoisotopic (exact) mass is 387 g/mol. The van der Waals surface area contributed by atoms with Crippen molar-refractivity contribution in [1.29, 1.82) is 0 Å². The van der Waals surface area contributed by atoms with Crippen LogP contribution in [0.25, 0.3) is 0 Å². The van der Waals surface area contributed by atoms with Crippen molar-refractivity contribution in [2.75, 3.05) is 12.4 Å². The molecule has 0 unspecified atom stereocenters. The number of nitrogens with zero attached hydrogens (tertiary/aromatic N) is 1. The first kappa shape index (κ1) is 15.6. The van der Waals surface area contributed by atoms with Crippen LogP contribution in [0.4, 0.5) is 5.69 Å². The standard InChI is InChI=1S/C15H21N3O.HI/c1-19-9-11-4-2-3-5-13(11)17-15(16)18-14-8-12(14)10-6-7-10;/h2-5,10,12,14H,6-9H2,1H3,(H3,16,17,18);1H/t12-,14+;/m0./s1. The lowest BCUT2D eigenvalue weighted by Gasteiger charge is -2.10. The van der Waals surface area contributed by atoms with E-state index in [1.54, 1.807) is 7.11 Å². The molecule has 3 rings (SSSR count). The maximum Gasteiger partial charge on any atom is 0.193 e. The summed E-state index contributed by atoms with van der Waals surface area (Å²) >= 11 is 0. The largest absolute Gasteiger partial charge is 0.380 e. The molecule has 2 aliphatic rings. The Labute approximate surface area is 137 Å². The SMILES string of the molecule is COCc1ccccc1NC(N)=N[C@@H]1C[C@H]1C1CC1.I. The van der Waals surface area contributed by atoms with Crippen LogP contribution < -0.4 is 11.1 Å². The van der Waals surface area contributed by atoms with Gasteiger partial charge >= 0.3 is 0 Å². The highest BCUT2D eigenvalue weighted by Gasteiger charge is 2.47. The molecule has 0 heterocycles. The summed E-state index contributed by atoms with van der Waals surface area (Å²) in [7, 11) is 1.69. The van der Waals surface area contributed by atoms with Crippen molar-refractivity contribution in [3.05, 3.63) is 29.8 Å². The summed E-state index contributed by atoms with van der Waals surface area (Å²) in [6, 6.07) is 8.47. The van der Waals surface area contributed by atoms with E-state index in [0.29, 0.717) is 18.6 Å². The van der Waals surface area contributed by atoms with E-state index in [1.807, 2.05) is 24.3 Å². The number of ether oxygens (including phenoxy) is 1. The van der Waals surface area contributed by atoms with Gasteiger partial charge in [0.15, 0.2) is 5.96 Å². The van der Waals surface area contributed by atoms with Crippen molar-refractivity contribution in [3.8, 4) is 0 Å². The molecular weight excluding hydrogens is 365 g/mol. The molecule has 20 heavy (non-hydrogen) atoms. The van der Waals surface area contributed by atoms with Crippen LogP contribution in [-0.2, 0) is 11.3 Å². The molecule has 1 aromatic carbocycles. The van der Waals surface area contributed by atoms with E-state index in [0.717, 1.165) is 23.1 Å². The van der Waals surface area contributed by atoms with Crippen LogP contribution in [0.1, 0.15) is 24.8 Å². The highest BCUT2D eigenvalue weighted by atomic mass is 127. The van der Waals surface area contributed by atoms with E-state index in [-0.39, 0.29) is 24.0 Å². The van der Waals surface area contributed by atoms with Gasteiger partial charge in [-0.2, -0.15) is 0 Å². The van der Waals surface area contributed by atoms with E-state index in [2.05, 4.69) is 10.3 Å². The molecular formula is C15H22IN3O. The van der Waals surface area contributed by atoms with Gasteiger partial charge in [0, 0.05) is 18.4 Å². The summed E-state index contributed by atoms with van der Waals surface area (Å²) in [5.41, 5.74) is 8.07. The van der Waals surface area contributed by atoms with Crippen molar-refractivity contribution >= 4 is 35.6 Å². The van der Waals surface area contributed by atoms with Crippen LogP contribution in [0.15, 0.2) is 29.3 Å². The number of nitrogens with one attached hydrogen (secondary N) is 1. The average molecular weight is 387 g/mol. The molecule has 0 radical (unpaired) electrons. The smallest absolute Gasteiger partial charge is 0.193 e. The van der Waals surface area contributed by atoms with Crippen LogP contribution >= 0.6 is 24.0 Å². The van der Waals surface area contributed by atoms with E-state index in [1.165, 1.54) is 19.3 Å². The maximum absolute atomic E-state index is 5.99. The average Bonchev–Trinajstić information content (AvgIpc) is 3.23. The number of nitrogens with two attached hydrogens (primary N) is 1. The van der Waals surface area contributed by atoms with Crippen LogP contribution in [0, 0.1) is 11.8 Å². The molecule has 2 saturated carbocycles.